The zero-order valence-corrected chi connectivity index (χ0v) is 17.6. The van der Waals surface area contributed by atoms with Crippen molar-refractivity contribution in [2.45, 2.75) is 33.1 Å². The summed E-state index contributed by atoms with van der Waals surface area (Å²) >= 11 is 3.31. The molecule has 0 bridgehead atoms. The third kappa shape index (κ3) is 6.03. The molecular weight excluding hydrogens is 406 g/mol. The first-order valence-corrected chi connectivity index (χ1v) is 9.44. The number of hydrogen-bond acceptors (Lipinski definition) is 3. The quantitative estimate of drug-likeness (QED) is 0.556. The molecule has 0 atom stereocenters. The highest BCUT2D eigenvalue weighted by Crippen LogP contribution is 2.22. The molecule has 2 aromatic carbocycles. The Balaban J connectivity index is 1.90. The Morgan fingerprint density at radius 2 is 1.67 bits per heavy atom. The molecule has 0 saturated carbocycles. The van der Waals surface area contributed by atoms with Crippen LogP contribution in [0.1, 0.15) is 49.2 Å². The van der Waals surface area contributed by atoms with Crippen molar-refractivity contribution in [2.75, 3.05) is 6.54 Å². The molecule has 0 aromatic heterocycles. The molecule has 0 fully saturated rings. The van der Waals surface area contributed by atoms with Crippen LogP contribution in [0.15, 0.2) is 58.1 Å². The number of carbonyl (C=O) groups is 2. The summed E-state index contributed by atoms with van der Waals surface area (Å²) < 4.78 is 0.676. The Bertz CT molecular complexity index is 852. The van der Waals surface area contributed by atoms with Gasteiger partial charge >= 0.3 is 0 Å². The molecule has 0 heterocycles. The molecule has 142 valence electrons. The number of rotatable bonds is 5. The van der Waals surface area contributed by atoms with Gasteiger partial charge in [-0.15, -0.1) is 0 Å². The minimum atomic E-state index is -0.388. The first-order valence-electron chi connectivity index (χ1n) is 8.65. The van der Waals surface area contributed by atoms with Crippen LogP contribution < -0.4 is 10.7 Å². The standard InChI is InChI=1S/C21H24BrN3O2/c1-14(15-9-11-16(12-10-15)21(2,3)4)24-25-19(26)13-23-20(27)17-7-5-6-8-18(17)22/h5-12H,13H2,1-4H3,(H,23,27)(H,25,26)/b24-14+. The minimum Gasteiger partial charge on any atom is -0.343 e. The predicted molar refractivity (Wildman–Crippen MR) is 112 cm³/mol. The van der Waals surface area contributed by atoms with E-state index in [0.717, 1.165) is 5.56 Å². The first-order chi connectivity index (χ1) is 12.7. The lowest BCUT2D eigenvalue weighted by Crippen LogP contribution is -2.35. The molecule has 5 nitrogen and oxygen atoms in total. The number of amides is 2. The summed E-state index contributed by atoms with van der Waals surface area (Å²) in [4.78, 5) is 24.0. The fourth-order valence-electron chi connectivity index (χ4n) is 2.36. The lowest BCUT2D eigenvalue weighted by molar-refractivity contribution is -0.120. The summed E-state index contributed by atoms with van der Waals surface area (Å²) in [7, 11) is 0. The molecule has 0 aliphatic heterocycles. The summed E-state index contributed by atoms with van der Waals surface area (Å²) in [5.41, 5.74) is 5.89. The van der Waals surface area contributed by atoms with Crippen LogP contribution in [0, 0.1) is 0 Å². The van der Waals surface area contributed by atoms with Gasteiger partial charge in [0.2, 0.25) is 0 Å². The van der Waals surface area contributed by atoms with E-state index < -0.39 is 0 Å². The van der Waals surface area contributed by atoms with Crippen molar-refractivity contribution in [2.24, 2.45) is 5.10 Å². The van der Waals surface area contributed by atoms with Gasteiger partial charge in [0.15, 0.2) is 0 Å². The second kappa shape index (κ2) is 8.95. The van der Waals surface area contributed by atoms with Gasteiger partial charge in [0.05, 0.1) is 17.8 Å². The Morgan fingerprint density at radius 3 is 2.26 bits per heavy atom. The maximum atomic E-state index is 12.1. The van der Waals surface area contributed by atoms with E-state index in [1.807, 2.05) is 25.1 Å². The molecule has 0 radical (unpaired) electrons. The van der Waals surface area contributed by atoms with Crippen molar-refractivity contribution in [1.29, 1.82) is 0 Å². The van der Waals surface area contributed by atoms with Gasteiger partial charge in [-0.1, -0.05) is 57.2 Å². The number of nitrogens with zero attached hydrogens (tertiary/aromatic N) is 1. The third-order valence-electron chi connectivity index (χ3n) is 4.04. The second-order valence-electron chi connectivity index (χ2n) is 7.22. The monoisotopic (exact) mass is 429 g/mol. The fraction of sp³-hybridized carbons (Fsp3) is 0.286. The number of halogens is 1. The van der Waals surface area contributed by atoms with Gasteiger partial charge in [0, 0.05) is 4.47 Å². The van der Waals surface area contributed by atoms with Crippen molar-refractivity contribution < 1.29 is 9.59 Å². The second-order valence-corrected chi connectivity index (χ2v) is 8.08. The summed E-state index contributed by atoms with van der Waals surface area (Å²) in [6, 6.07) is 15.1. The van der Waals surface area contributed by atoms with E-state index in [9.17, 15) is 9.59 Å². The third-order valence-corrected chi connectivity index (χ3v) is 4.74. The molecule has 27 heavy (non-hydrogen) atoms. The highest BCUT2D eigenvalue weighted by atomic mass is 79.9. The van der Waals surface area contributed by atoms with Crippen LogP contribution in [0.2, 0.25) is 0 Å². The molecule has 2 aromatic rings. The van der Waals surface area contributed by atoms with Gasteiger partial charge in [0.1, 0.15) is 0 Å². The van der Waals surface area contributed by atoms with Gasteiger partial charge in [-0.3, -0.25) is 9.59 Å². The van der Waals surface area contributed by atoms with Crippen molar-refractivity contribution in [3.8, 4) is 0 Å². The molecule has 2 amide bonds. The van der Waals surface area contributed by atoms with Crippen LogP contribution in [-0.4, -0.2) is 24.1 Å². The highest BCUT2D eigenvalue weighted by Gasteiger charge is 2.13. The number of benzene rings is 2. The molecule has 0 aliphatic carbocycles. The molecular formula is C21H24BrN3O2. The van der Waals surface area contributed by atoms with E-state index in [1.54, 1.807) is 18.2 Å². The van der Waals surface area contributed by atoms with Crippen molar-refractivity contribution in [3.05, 3.63) is 69.7 Å². The van der Waals surface area contributed by atoms with Crippen molar-refractivity contribution >= 4 is 33.5 Å². The topological polar surface area (TPSA) is 70.6 Å². The van der Waals surface area contributed by atoms with Gasteiger partial charge in [-0.25, -0.2) is 5.43 Å². The van der Waals surface area contributed by atoms with Crippen molar-refractivity contribution in [3.63, 3.8) is 0 Å². The fourth-order valence-corrected chi connectivity index (χ4v) is 2.83. The van der Waals surface area contributed by atoms with Crippen LogP contribution in [0.5, 0.6) is 0 Å². The van der Waals surface area contributed by atoms with Crippen LogP contribution in [-0.2, 0) is 10.2 Å². The molecule has 0 saturated heterocycles. The lowest BCUT2D eigenvalue weighted by Gasteiger charge is -2.19. The number of hydrogen-bond donors (Lipinski definition) is 2. The maximum absolute atomic E-state index is 12.1. The van der Waals surface area contributed by atoms with E-state index in [-0.39, 0.29) is 23.8 Å². The summed E-state index contributed by atoms with van der Waals surface area (Å²) in [6.45, 7) is 8.15. The Hall–Kier alpha value is -2.47. The molecule has 0 aliphatic rings. The average molecular weight is 430 g/mol. The van der Waals surface area contributed by atoms with E-state index in [0.29, 0.717) is 15.7 Å². The first kappa shape index (κ1) is 20.8. The predicted octanol–water partition coefficient (Wildman–Crippen LogP) is 4.02. The van der Waals surface area contributed by atoms with E-state index >= 15 is 0 Å². The zero-order chi connectivity index (χ0) is 20.0. The SMILES string of the molecule is C/C(=N\NC(=O)CNC(=O)c1ccccc1Br)c1ccc(C(C)(C)C)cc1. The molecule has 0 unspecified atom stereocenters. The Labute approximate surface area is 168 Å². The number of nitrogens with one attached hydrogen (secondary N) is 2. The molecule has 2 rings (SSSR count). The lowest BCUT2D eigenvalue weighted by atomic mass is 9.86. The largest absolute Gasteiger partial charge is 0.343 e. The molecule has 6 heteroatoms. The smallest absolute Gasteiger partial charge is 0.259 e. The van der Waals surface area contributed by atoms with Crippen LogP contribution in [0.4, 0.5) is 0 Å². The Morgan fingerprint density at radius 1 is 1.04 bits per heavy atom. The molecule has 2 N–H and O–H groups in total. The summed E-state index contributed by atoms with van der Waals surface area (Å²) in [5.74, 6) is -0.711. The molecule has 0 spiro atoms. The summed E-state index contributed by atoms with van der Waals surface area (Å²) in [6.07, 6.45) is 0. The number of hydrazone groups is 1. The number of carbonyl (C=O) groups excluding carboxylic acids is 2. The van der Waals surface area contributed by atoms with E-state index in [4.69, 9.17) is 0 Å². The maximum Gasteiger partial charge on any atom is 0.259 e. The van der Waals surface area contributed by atoms with E-state index in [1.165, 1.54) is 5.56 Å². The van der Waals surface area contributed by atoms with Gasteiger partial charge in [-0.2, -0.15) is 5.10 Å². The van der Waals surface area contributed by atoms with Crippen LogP contribution in [0.25, 0.3) is 0 Å². The highest BCUT2D eigenvalue weighted by molar-refractivity contribution is 9.10. The zero-order valence-electron chi connectivity index (χ0n) is 16.0. The Kier molecular flexibility index (Phi) is 6.91. The average Bonchev–Trinajstić information content (AvgIpc) is 2.64. The van der Waals surface area contributed by atoms with E-state index in [2.05, 4.69) is 64.7 Å². The van der Waals surface area contributed by atoms with Gasteiger partial charge in [0.25, 0.3) is 11.8 Å². The normalized spacial score (nSPS) is 11.8. The minimum absolute atomic E-state index is 0.0871. The van der Waals surface area contributed by atoms with Crippen LogP contribution in [0.3, 0.4) is 0 Å². The van der Waals surface area contributed by atoms with Crippen molar-refractivity contribution in [1.82, 2.24) is 10.7 Å². The van der Waals surface area contributed by atoms with Crippen LogP contribution >= 0.6 is 15.9 Å². The summed E-state index contributed by atoms with van der Waals surface area (Å²) in [5, 5.41) is 6.69. The van der Waals surface area contributed by atoms with Gasteiger partial charge in [-0.05, 0) is 51.5 Å². The van der Waals surface area contributed by atoms with Gasteiger partial charge < -0.3 is 5.32 Å².